The molecular formula is C20H24ClF2N3O3. The Hall–Kier alpha value is -2.58. The molecule has 6 nitrogen and oxygen atoms in total. The molecule has 1 atom stereocenters. The van der Waals surface area contributed by atoms with E-state index in [1.165, 1.54) is 19.2 Å². The second-order valence-electron chi connectivity index (χ2n) is 5.97. The number of hydrogen-bond acceptors (Lipinski definition) is 4. The van der Waals surface area contributed by atoms with Gasteiger partial charge in [0.1, 0.15) is 11.5 Å². The van der Waals surface area contributed by atoms with Crippen molar-refractivity contribution in [2.45, 2.75) is 26.2 Å². The number of guanidine groups is 1. The zero-order chi connectivity index (χ0) is 21.2. The minimum Gasteiger partial charge on any atom is -0.497 e. The van der Waals surface area contributed by atoms with Crippen LogP contribution in [0.4, 0.5) is 8.78 Å². The number of halogens is 3. The molecule has 0 radical (unpaired) electrons. The van der Waals surface area contributed by atoms with Crippen LogP contribution in [0.3, 0.4) is 0 Å². The van der Waals surface area contributed by atoms with Crippen LogP contribution in [0.15, 0.2) is 47.5 Å². The number of aliphatic imine (C=N–C) groups is 1. The maximum absolute atomic E-state index is 12.7. The fourth-order valence-electron chi connectivity index (χ4n) is 2.57. The van der Waals surface area contributed by atoms with Crippen molar-refractivity contribution in [2.75, 3.05) is 20.2 Å². The lowest BCUT2D eigenvalue weighted by atomic mass is 10.1. The molecule has 0 aliphatic heterocycles. The van der Waals surface area contributed by atoms with E-state index in [1.54, 1.807) is 30.3 Å². The van der Waals surface area contributed by atoms with E-state index in [4.69, 9.17) is 16.3 Å². The molecule has 0 bridgehead atoms. The third-order valence-corrected chi connectivity index (χ3v) is 4.31. The average Bonchev–Trinajstić information content (AvgIpc) is 2.70. The minimum atomic E-state index is -2.94. The number of aliphatic hydroxyl groups is 1. The molecule has 0 spiro atoms. The number of aliphatic hydroxyl groups excluding tert-OH is 1. The van der Waals surface area contributed by atoms with Crippen LogP contribution in [-0.4, -0.2) is 37.9 Å². The van der Waals surface area contributed by atoms with E-state index in [9.17, 15) is 13.9 Å². The highest BCUT2D eigenvalue weighted by Gasteiger charge is 2.13. The van der Waals surface area contributed by atoms with Crippen LogP contribution in [0, 0.1) is 0 Å². The van der Waals surface area contributed by atoms with E-state index in [-0.39, 0.29) is 18.8 Å². The summed E-state index contributed by atoms with van der Waals surface area (Å²) < 4.78 is 35.0. The molecule has 0 heterocycles. The summed E-state index contributed by atoms with van der Waals surface area (Å²) in [6, 6.07) is 11.5. The molecule has 29 heavy (non-hydrogen) atoms. The third-order valence-electron chi connectivity index (χ3n) is 3.96. The smallest absolute Gasteiger partial charge is 0.387 e. The highest BCUT2D eigenvalue weighted by Crippen LogP contribution is 2.26. The molecule has 0 aromatic heterocycles. The van der Waals surface area contributed by atoms with E-state index >= 15 is 0 Å². The summed E-state index contributed by atoms with van der Waals surface area (Å²) in [5, 5.41) is 16.9. The van der Waals surface area contributed by atoms with Gasteiger partial charge in [-0.2, -0.15) is 8.78 Å². The fraction of sp³-hybridized carbons (Fsp3) is 0.350. The maximum atomic E-state index is 12.7. The first-order valence-electron chi connectivity index (χ1n) is 9.01. The molecule has 3 N–H and O–H groups in total. The molecule has 2 aromatic rings. The van der Waals surface area contributed by atoms with Crippen molar-refractivity contribution >= 4 is 17.6 Å². The molecule has 0 fully saturated rings. The van der Waals surface area contributed by atoms with E-state index in [1.807, 2.05) is 6.92 Å². The molecule has 1 unspecified atom stereocenters. The Bertz CT molecular complexity index is 821. The molecule has 158 valence electrons. The number of benzene rings is 2. The molecule has 2 rings (SSSR count). The molecule has 0 saturated carbocycles. The maximum Gasteiger partial charge on any atom is 0.387 e. The summed E-state index contributed by atoms with van der Waals surface area (Å²) in [5.74, 6) is 0.935. The number of methoxy groups -OCH3 is 1. The van der Waals surface area contributed by atoms with Crippen molar-refractivity contribution in [1.82, 2.24) is 10.6 Å². The van der Waals surface area contributed by atoms with E-state index < -0.39 is 12.7 Å². The normalized spacial score (nSPS) is 12.6. The second-order valence-corrected chi connectivity index (χ2v) is 6.37. The van der Waals surface area contributed by atoms with Gasteiger partial charge in [-0.1, -0.05) is 29.8 Å². The predicted molar refractivity (Wildman–Crippen MR) is 109 cm³/mol. The second kappa shape index (κ2) is 11.4. The molecule has 0 saturated heterocycles. The van der Waals surface area contributed by atoms with Crippen molar-refractivity contribution in [3.63, 3.8) is 0 Å². The van der Waals surface area contributed by atoms with Crippen molar-refractivity contribution in [3.05, 3.63) is 58.6 Å². The zero-order valence-electron chi connectivity index (χ0n) is 16.2. The number of nitrogens with zero attached hydrogens (tertiary/aromatic N) is 1. The Labute approximate surface area is 173 Å². The Kier molecular flexibility index (Phi) is 8.95. The number of rotatable bonds is 9. The van der Waals surface area contributed by atoms with Gasteiger partial charge >= 0.3 is 6.61 Å². The number of hydrogen-bond donors (Lipinski definition) is 3. The number of nitrogens with one attached hydrogen (secondary N) is 2. The fourth-order valence-corrected chi connectivity index (χ4v) is 2.83. The highest BCUT2D eigenvalue weighted by molar-refractivity contribution is 6.31. The highest BCUT2D eigenvalue weighted by atomic mass is 35.5. The Morgan fingerprint density at radius 2 is 1.97 bits per heavy atom. The lowest BCUT2D eigenvalue weighted by molar-refractivity contribution is -0.0504. The minimum absolute atomic E-state index is 0.0245. The lowest BCUT2D eigenvalue weighted by Gasteiger charge is -2.17. The monoisotopic (exact) mass is 427 g/mol. The largest absolute Gasteiger partial charge is 0.497 e. The summed E-state index contributed by atoms with van der Waals surface area (Å²) in [6.07, 6.45) is -0.845. The van der Waals surface area contributed by atoms with Crippen LogP contribution in [-0.2, 0) is 6.54 Å². The summed E-state index contributed by atoms with van der Waals surface area (Å²) in [5.41, 5.74) is 1.03. The van der Waals surface area contributed by atoms with Gasteiger partial charge < -0.3 is 25.2 Å². The topological polar surface area (TPSA) is 75.1 Å². The van der Waals surface area contributed by atoms with Gasteiger partial charge in [0, 0.05) is 29.2 Å². The van der Waals surface area contributed by atoms with Crippen LogP contribution in [0.25, 0.3) is 0 Å². The quantitative estimate of drug-likeness (QED) is 0.420. The van der Waals surface area contributed by atoms with Gasteiger partial charge in [0.25, 0.3) is 0 Å². The van der Waals surface area contributed by atoms with Gasteiger partial charge in [-0.25, -0.2) is 4.99 Å². The van der Waals surface area contributed by atoms with Gasteiger partial charge in [-0.3, -0.25) is 0 Å². The molecule has 0 amide bonds. The number of alkyl halides is 2. The van der Waals surface area contributed by atoms with Crippen LogP contribution in [0.5, 0.6) is 11.5 Å². The molecular weight excluding hydrogens is 404 g/mol. The summed E-state index contributed by atoms with van der Waals surface area (Å²) in [7, 11) is 1.48. The molecule has 9 heteroatoms. The van der Waals surface area contributed by atoms with E-state index in [0.717, 1.165) is 0 Å². The Balaban J connectivity index is 2.11. The van der Waals surface area contributed by atoms with Crippen molar-refractivity contribution in [3.8, 4) is 11.5 Å². The van der Waals surface area contributed by atoms with Gasteiger partial charge in [0.05, 0.1) is 19.8 Å². The van der Waals surface area contributed by atoms with E-state index in [0.29, 0.717) is 34.4 Å². The summed E-state index contributed by atoms with van der Waals surface area (Å²) >= 11 is 6.10. The van der Waals surface area contributed by atoms with Crippen molar-refractivity contribution < 1.29 is 23.4 Å². The van der Waals surface area contributed by atoms with Crippen molar-refractivity contribution in [1.29, 1.82) is 0 Å². The van der Waals surface area contributed by atoms with Crippen LogP contribution in [0.1, 0.15) is 24.2 Å². The molecule has 0 aliphatic rings. The summed E-state index contributed by atoms with van der Waals surface area (Å²) in [4.78, 5) is 4.38. The third kappa shape index (κ3) is 7.07. The SMILES string of the molecule is CCNC(=NCc1cc(OC)ccc1OC(F)F)NCC(O)c1ccccc1Cl. The predicted octanol–water partition coefficient (Wildman–Crippen LogP) is 3.74. The first kappa shape index (κ1) is 22.7. The van der Waals surface area contributed by atoms with Gasteiger partial charge in [-0.15, -0.1) is 0 Å². The standard InChI is InChI=1S/C20H24ClF2N3O3/c1-3-24-20(26-12-17(27)15-6-4-5-7-16(15)21)25-11-13-10-14(28-2)8-9-18(13)29-19(22)23/h4-10,17,19,27H,3,11-12H2,1-2H3,(H2,24,25,26). The number of ether oxygens (including phenoxy) is 2. The van der Waals surface area contributed by atoms with Gasteiger partial charge in [-0.05, 0) is 31.2 Å². The zero-order valence-corrected chi connectivity index (χ0v) is 16.9. The van der Waals surface area contributed by atoms with Crippen molar-refractivity contribution in [2.24, 2.45) is 4.99 Å². The first-order valence-corrected chi connectivity index (χ1v) is 9.38. The summed E-state index contributed by atoms with van der Waals surface area (Å²) in [6.45, 7) is -0.251. The first-order chi connectivity index (χ1) is 13.9. The van der Waals surface area contributed by atoms with Crippen LogP contribution >= 0.6 is 11.6 Å². The van der Waals surface area contributed by atoms with E-state index in [2.05, 4.69) is 20.4 Å². The van der Waals surface area contributed by atoms with Crippen LogP contribution < -0.4 is 20.1 Å². The van der Waals surface area contributed by atoms with Gasteiger partial charge in [0.2, 0.25) is 0 Å². The molecule has 0 aliphatic carbocycles. The van der Waals surface area contributed by atoms with Crippen LogP contribution in [0.2, 0.25) is 5.02 Å². The lowest BCUT2D eigenvalue weighted by Crippen LogP contribution is -2.39. The average molecular weight is 428 g/mol. The van der Waals surface area contributed by atoms with Gasteiger partial charge in [0.15, 0.2) is 5.96 Å². The Morgan fingerprint density at radius 3 is 2.62 bits per heavy atom. The molecule has 2 aromatic carbocycles. The Morgan fingerprint density at radius 1 is 1.21 bits per heavy atom.